The van der Waals surface area contributed by atoms with Crippen molar-refractivity contribution in [1.82, 2.24) is 10.2 Å². The van der Waals surface area contributed by atoms with Crippen molar-refractivity contribution in [3.05, 3.63) is 41.5 Å². The lowest BCUT2D eigenvalue weighted by Gasteiger charge is -2.29. The van der Waals surface area contributed by atoms with Crippen LogP contribution >= 0.6 is 0 Å². The van der Waals surface area contributed by atoms with Gasteiger partial charge in [-0.3, -0.25) is 19.3 Å². The monoisotopic (exact) mass is 353 g/mol. The molecule has 0 saturated carbocycles. The van der Waals surface area contributed by atoms with Gasteiger partial charge in [-0.15, -0.1) is 0 Å². The lowest BCUT2D eigenvalue weighted by molar-refractivity contribution is -0.119. The number of nitrogens with one attached hydrogen (secondary N) is 1. The zero-order valence-electron chi connectivity index (χ0n) is 15.3. The van der Waals surface area contributed by atoms with Gasteiger partial charge < -0.3 is 10.2 Å². The fourth-order valence-electron chi connectivity index (χ4n) is 3.52. The van der Waals surface area contributed by atoms with E-state index in [9.17, 15) is 14.4 Å². The third kappa shape index (κ3) is 2.92. The Morgan fingerprint density at radius 2 is 1.69 bits per heavy atom. The third-order valence-corrected chi connectivity index (χ3v) is 4.78. The van der Waals surface area contributed by atoms with E-state index in [4.69, 9.17) is 0 Å². The Balaban J connectivity index is 2.08. The minimum absolute atomic E-state index is 0.158. The van der Waals surface area contributed by atoms with E-state index in [1.165, 1.54) is 11.8 Å². The fourth-order valence-corrected chi connectivity index (χ4v) is 3.52. The van der Waals surface area contributed by atoms with E-state index in [2.05, 4.69) is 24.1 Å². The largest absolute Gasteiger partial charge is 0.372 e. The minimum Gasteiger partial charge on any atom is -0.372 e. The molecule has 0 saturated heterocycles. The number of nitrogens with zero attached hydrogens (tertiary/aromatic N) is 2. The van der Waals surface area contributed by atoms with Gasteiger partial charge in [0.2, 0.25) is 5.91 Å². The van der Waals surface area contributed by atoms with Crippen molar-refractivity contribution in [1.29, 1.82) is 0 Å². The van der Waals surface area contributed by atoms with Gasteiger partial charge in [-0.05, 0) is 32.0 Å². The van der Waals surface area contributed by atoms with Crippen LogP contribution < -0.4 is 10.2 Å². The second-order valence-corrected chi connectivity index (χ2v) is 6.28. The molecule has 3 amide bonds. The van der Waals surface area contributed by atoms with Gasteiger partial charge in [-0.1, -0.05) is 12.1 Å². The van der Waals surface area contributed by atoms with Crippen LogP contribution in [0.3, 0.4) is 0 Å². The zero-order chi connectivity index (χ0) is 18.8. The summed E-state index contributed by atoms with van der Waals surface area (Å²) in [5.41, 5.74) is 2.10. The predicted molar refractivity (Wildman–Crippen MR) is 102 cm³/mol. The van der Waals surface area contributed by atoms with E-state index in [0.717, 1.165) is 29.5 Å². The molecule has 0 spiro atoms. The molecule has 0 aromatic heterocycles. The highest BCUT2D eigenvalue weighted by molar-refractivity contribution is 6.26. The minimum atomic E-state index is -0.310. The fraction of sp³-hybridized carbons (Fsp3) is 0.350. The first-order valence-electron chi connectivity index (χ1n) is 8.90. The maximum absolute atomic E-state index is 12.9. The summed E-state index contributed by atoms with van der Waals surface area (Å²) in [5.74, 6) is -0.807. The molecule has 0 fully saturated rings. The van der Waals surface area contributed by atoms with E-state index in [1.807, 2.05) is 18.2 Å². The van der Waals surface area contributed by atoms with Gasteiger partial charge in [0, 0.05) is 60.7 Å². The Bertz CT molecular complexity index is 865. The second kappa shape index (κ2) is 7.15. The van der Waals surface area contributed by atoms with Crippen molar-refractivity contribution in [2.45, 2.75) is 20.8 Å². The molecule has 0 radical (unpaired) electrons. The Kier molecular flexibility index (Phi) is 4.93. The van der Waals surface area contributed by atoms with Crippen molar-refractivity contribution in [3.63, 3.8) is 0 Å². The molecule has 1 aliphatic heterocycles. The molecule has 0 unspecified atom stereocenters. The SMILES string of the molecule is CCN(CC)c1ccc2c3c(cccc13)C(=O)N(CCNC(C)=O)C2=O. The summed E-state index contributed by atoms with van der Waals surface area (Å²) in [4.78, 5) is 40.3. The standard InChI is InChI=1S/C20H23N3O3/c1-4-22(5-2)17-10-9-16-18-14(17)7-6-8-15(18)19(25)23(20(16)26)12-11-21-13(3)24/h6-10H,4-5,11-12H2,1-3H3,(H,21,24). The predicted octanol–water partition coefficient (Wildman–Crippen LogP) is 2.42. The number of rotatable bonds is 6. The molecule has 1 N–H and O–H groups in total. The Hall–Kier alpha value is -2.89. The van der Waals surface area contributed by atoms with E-state index in [-0.39, 0.29) is 30.8 Å². The Morgan fingerprint density at radius 1 is 1.04 bits per heavy atom. The van der Waals surface area contributed by atoms with Crippen molar-refractivity contribution in [2.75, 3.05) is 31.1 Å². The van der Waals surface area contributed by atoms with Gasteiger partial charge in [-0.25, -0.2) is 0 Å². The highest BCUT2D eigenvalue weighted by Gasteiger charge is 2.33. The number of amides is 3. The molecule has 6 heteroatoms. The molecule has 3 rings (SSSR count). The lowest BCUT2D eigenvalue weighted by atomic mass is 9.92. The van der Waals surface area contributed by atoms with Gasteiger partial charge in [0.1, 0.15) is 0 Å². The van der Waals surface area contributed by atoms with E-state index >= 15 is 0 Å². The van der Waals surface area contributed by atoms with Crippen molar-refractivity contribution < 1.29 is 14.4 Å². The van der Waals surface area contributed by atoms with Gasteiger partial charge >= 0.3 is 0 Å². The number of carbonyl (C=O) groups is 3. The average molecular weight is 353 g/mol. The van der Waals surface area contributed by atoms with Crippen molar-refractivity contribution >= 4 is 34.2 Å². The normalized spacial score (nSPS) is 13.3. The summed E-state index contributed by atoms with van der Waals surface area (Å²) in [5, 5.41) is 4.28. The number of imide groups is 1. The van der Waals surface area contributed by atoms with Crippen molar-refractivity contribution in [2.24, 2.45) is 0 Å². The van der Waals surface area contributed by atoms with Crippen LogP contribution in [0.4, 0.5) is 5.69 Å². The number of hydrogen-bond acceptors (Lipinski definition) is 4. The molecule has 2 aromatic carbocycles. The lowest BCUT2D eigenvalue weighted by Crippen LogP contribution is -2.44. The quantitative estimate of drug-likeness (QED) is 0.810. The molecule has 1 heterocycles. The molecule has 0 atom stereocenters. The number of carbonyl (C=O) groups excluding carboxylic acids is 3. The molecular weight excluding hydrogens is 330 g/mol. The van der Waals surface area contributed by atoms with Crippen LogP contribution in [-0.4, -0.2) is 48.8 Å². The number of anilines is 1. The first kappa shape index (κ1) is 17.9. The second-order valence-electron chi connectivity index (χ2n) is 6.28. The van der Waals surface area contributed by atoms with Gasteiger partial charge in [0.25, 0.3) is 11.8 Å². The van der Waals surface area contributed by atoms with E-state index in [1.54, 1.807) is 12.1 Å². The molecule has 2 aromatic rings. The van der Waals surface area contributed by atoms with Crippen LogP contribution in [0.5, 0.6) is 0 Å². The van der Waals surface area contributed by atoms with Crippen LogP contribution in [0.25, 0.3) is 10.8 Å². The van der Waals surface area contributed by atoms with Crippen LogP contribution in [0.2, 0.25) is 0 Å². The van der Waals surface area contributed by atoms with Crippen LogP contribution in [-0.2, 0) is 4.79 Å². The first-order valence-corrected chi connectivity index (χ1v) is 8.90. The Morgan fingerprint density at radius 3 is 2.31 bits per heavy atom. The topological polar surface area (TPSA) is 69.7 Å². The zero-order valence-corrected chi connectivity index (χ0v) is 15.3. The maximum Gasteiger partial charge on any atom is 0.261 e. The molecule has 6 nitrogen and oxygen atoms in total. The summed E-state index contributed by atoms with van der Waals surface area (Å²) < 4.78 is 0. The smallest absolute Gasteiger partial charge is 0.261 e. The van der Waals surface area contributed by atoms with Crippen LogP contribution in [0, 0.1) is 0 Å². The van der Waals surface area contributed by atoms with Crippen LogP contribution in [0.1, 0.15) is 41.5 Å². The summed E-state index contributed by atoms with van der Waals surface area (Å²) in [6.45, 7) is 7.67. The molecular formula is C20H23N3O3. The number of benzene rings is 2. The summed E-state index contributed by atoms with van der Waals surface area (Å²) in [7, 11) is 0. The molecule has 1 aliphatic rings. The molecule has 0 aliphatic carbocycles. The van der Waals surface area contributed by atoms with E-state index in [0.29, 0.717) is 11.1 Å². The highest BCUT2D eigenvalue weighted by atomic mass is 16.2. The molecule has 136 valence electrons. The van der Waals surface area contributed by atoms with Crippen LogP contribution in [0.15, 0.2) is 30.3 Å². The summed E-state index contributed by atoms with van der Waals surface area (Å²) in [6.07, 6.45) is 0. The van der Waals surface area contributed by atoms with Gasteiger partial charge in [0.05, 0.1) is 0 Å². The Labute approximate surface area is 152 Å². The summed E-state index contributed by atoms with van der Waals surface area (Å²) in [6, 6.07) is 9.34. The maximum atomic E-state index is 12.9. The average Bonchev–Trinajstić information content (AvgIpc) is 2.63. The van der Waals surface area contributed by atoms with Crippen molar-refractivity contribution in [3.8, 4) is 0 Å². The van der Waals surface area contributed by atoms with Gasteiger partial charge in [0.15, 0.2) is 0 Å². The highest BCUT2D eigenvalue weighted by Crippen LogP contribution is 2.35. The summed E-state index contributed by atoms with van der Waals surface area (Å²) >= 11 is 0. The first-order chi connectivity index (χ1) is 12.5. The number of hydrogen-bond donors (Lipinski definition) is 1. The van der Waals surface area contributed by atoms with E-state index < -0.39 is 0 Å². The van der Waals surface area contributed by atoms with Gasteiger partial charge in [-0.2, -0.15) is 0 Å². The third-order valence-electron chi connectivity index (χ3n) is 4.78. The molecule has 0 bridgehead atoms. The molecule has 26 heavy (non-hydrogen) atoms.